The molecule has 1 aromatic carbocycles. The molecule has 3 rings (SSSR count). The Morgan fingerprint density at radius 2 is 2.11 bits per heavy atom. The van der Waals surface area contributed by atoms with Gasteiger partial charge in [0.2, 0.25) is 21.7 Å². The summed E-state index contributed by atoms with van der Waals surface area (Å²) >= 11 is 1.50. The molecule has 0 aliphatic carbocycles. The second kappa shape index (κ2) is 7.49. The van der Waals surface area contributed by atoms with Gasteiger partial charge in [0.25, 0.3) is 5.91 Å². The SMILES string of the molecule is Cc1ccc(C(=O)N(C)Cc2nc(-c3cccs3)no2)cc1NS(C)(=O)=O. The van der Waals surface area contributed by atoms with Crippen LogP contribution < -0.4 is 4.72 Å². The fraction of sp³-hybridized carbons (Fsp3) is 0.235. The van der Waals surface area contributed by atoms with Crippen molar-refractivity contribution in [1.29, 1.82) is 0 Å². The standard InChI is InChI=1S/C17H18N4O4S2/c1-11-6-7-12(9-13(11)20-27(3,23)24)17(22)21(2)10-15-18-16(19-25-15)14-5-4-8-26-14/h4-9,20H,10H2,1-3H3. The number of hydrogen-bond donors (Lipinski definition) is 1. The van der Waals surface area contributed by atoms with Crippen LogP contribution in [-0.2, 0) is 16.6 Å². The summed E-state index contributed by atoms with van der Waals surface area (Å²) in [7, 11) is -1.82. The number of sulfonamides is 1. The normalized spacial score (nSPS) is 11.4. The van der Waals surface area contributed by atoms with E-state index in [-0.39, 0.29) is 12.5 Å². The highest BCUT2D eigenvalue weighted by Crippen LogP contribution is 2.22. The molecule has 0 bridgehead atoms. The topological polar surface area (TPSA) is 105 Å². The Morgan fingerprint density at radius 1 is 1.33 bits per heavy atom. The summed E-state index contributed by atoms with van der Waals surface area (Å²) in [5.41, 5.74) is 1.44. The Bertz CT molecular complexity index is 1060. The maximum atomic E-state index is 12.7. The smallest absolute Gasteiger partial charge is 0.254 e. The molecule has 8 nitrogen and oxygen atoms in total. The van der Waals surface area contributed by atoms with Gasteiger partial charge in [-0.25, -0.2) is 8.42 Å². The molecule has 0 aliphatic rings. The highest BCUT2D eigenvalue weighted by molar-refractivity contribution is 7.92. The number of benzene rings is 1. The van der Waals surface area contributed by atoms with Gasteiger partial charge in [-0.15, -0.1) is 11.3 Å². The van der Waals surface area contributed by atoms with E-state index in [4.69, 9.17) is 4.52 Å². The van der Waals surface area contributed by atoms with E-state index in [1.165, 1.54) is 22.3 Å². The molecule has 0 fully saturated rings. The van der Waals surface area contributed by atoms with Gasteiger partial charge in [0.1, 0.15) is 0 Å². The number of carbonyl (C=O) groups is 1. The zero-order valence-corrected chi connectivity index (χ0v) is 16.6. The van der Waals surface area contributed by atoms with Crippen molar-refractivity contribution >= 4 is 33.0 Å². The van der Waals surface area contributed by atoms with Crippen LogP contribution in [0.25, 0.3) is 10.7 Å². The molecule has 2 aromatic heterocycles. The van der Waals surface area contributed by atoms with Crippen LogP contribution in [0.5, 0.6) is 0 Å². The molecule has 1 N–H and O–H groups in total. The lowest BCUT2D eigenvalue weighted by Gasteiger charge is -2.16. The number of nitrogens with zero attached hydrogens (tertiary/aromatic N) is 3. The van der Waals surface area contributed by atoms with E-state index in [1.807, 2.05) is 17.5 Å². The van der Waals surface area contributed by atoms with Gasteiger partial charge in [-0.1, -0.05) is 17.3 Å². The number of aryl methyl sites for hydroxylation is 1. The van der Waals surface area contributed by atoms with Crippen LogP contribution in [-0.4, -0.2) is 42.7 Å². The van der Waals surface area contributed by atoms with Gasteiger partial charge in [-0.05, 0) is 36.1 Å². The first-order valence-electron chi connectivity index (χ1n) is 7.93. The van der Waals surface area contributed by atoms with Crippen LogP contribution >= 0.6 is 11.3 Å². The zero-order valence-electron chi connectivity index (χ0n) is 15.0. The maximum Gasteiger partial charge on any atom is 0.254 e. The van der Waals surface area contributed by atoms with Gasteiger partial charge in [0, 0.05) is 12.6 Å². The molecule has 0 unspecified atom stereocenters. The first kappa shape index (κ1) is 19.1. The van der Waals surface area contributed by atoms with Crippen LogP contribution in [0.3, 0.4) is 0 Å². The van der Waals surface area contributed by atoms with Crippen LogP contribution in [0.2, 0.25) is 0 Å². The third kappa shape index (κ3) is 4.72. The second-order valence-corrected chi connectivity index (χ2v) is 8.75. The minimum atomic E-state index is -3.44. The van der Waals surface area contributed by atoms with Gasteiger partial charge >= 0.3 is 0 Å². The number of hydrogen-bond acceptors (Lipinski definition) is 7. The second-order valence-electron chi connectivity index (χ2n) is 6.05. The molecule has 0 saturated carbocycles. The Balaban J connectivity index is 1.75. The molecule has 3 aromatic rings. The number of thiophene rings is 1. The molecule has 2 heterocycles. The largest absolute Gasteiger partial charge is 0.337 e. The third-order valence-electron chi connectivity index (χ3n) is 3.71. The highest BCUT2D eigenvalue weighted by atomic mass is 32.2. The van der Waals surface area contributed by atoms with Crippen LogP contribution in [0.15, 0.2) is 40.2 Å². The summed E-state index contributed by atoms with van der Waals surface area (Å²) in [6.07, 6.45) is 1.06. The molecule has 142 valence electrons. The molecule has 0 aliphatic heterocycles. The van der Waals surface area contributed by atoms with E-state index >= 15 is 0 Å². The number of carbonyl (C=O) groups excluding carboxylic acids is 1. The van der Waals surface area contributed by atoms with Crippen LogP contribution in [0, 0.1) is 6.92 Å². The van der Waals surface area contributed by atoms with Crippen molar-refractivity contribution < 1.29 is 17.7 Å². The van der Waals surface area contributed by atoms with Crippen molar-refractivity contribution in [3.8, 4) is 10.7 Å². The van der Waals surface area contributed by atoms with Gasteiger partial charge in [-0.2, -0.15) is 4.98 Å². The van der Waals surface area contributed by atoms with Gasteiger partial charge < -0.3 is 9.42 Å². The van der Waals surface area contributed by atoms with Crippen molar-refractivity contribution in [2.75, 3.05) is 18.0 Å². The minimum absolute atomic E-state index is 0.139. The average molecular weight is 406 g/mol. The molecule has 0 spiro atoms. The predicted molar refractivity (Wildman–Crippen MR) is 103 cm³/mol. The fourth-order valence-corrected chi connectivity index (χ4v) is 3.65. The van der Waals surface area contributed by atoms with Gasteiger partial charge in [0.05, 0.1) is 23.4 Å². The van der Waals surface area contributed by atoms with Crippen molar-refractivity contribution in [2.24, 2.45) is 0 Å². The monoisotopic (exact) mass is 406 g/mol. The summed E-state index contributed by atoms with van der Waals surface area (Å²) < 4.78 is 30.6. The van der Waals surface area contributed by atoms with Gasteiger partial charge in [0.15, 0.2) is 0 Å². The van der Waals surface area contributed by atoms with Crippen molar-refractivity contribution in [2.45, 2.75) is 13.5 Å². The summed E-state index contributed by atoms with van der Waals surface area (Å²) in [6, 6.07) is 8.63. The average Bonchev–Trinajstić information content (AvgIpc) is 3.26. The summed E-state index contributed by atoms with van der Waals surface area (Å²) in [5, 5.41) is 5.84. The van der Waals surface area contributed by atoms with E-state index in [2.05, 4.69) is 14.9 Å². The van der Waals surface area contributed by atoms with Crippen molar-refractivity contribution in [3.05, 3.63) is 52.7 Å². The Labute approximate surface area is 160 Å². The van der Waals surface area contributed by atoms with Gasteiger partial charge in [-0.3, -0.25) is 9.52 Å². The van der Waals surface area contributed by atoms with Crippen LogP contribution in [0.4, 0.5) is 5.69 Å². The van der Waals surface area contributed by atoms with E-state index in [1.54, 1.807) is 26.1 Å². The number of rotatable bonds is 6. The first-order valence-corrected chi connectivity index (χ1v) is 10.7. The van der Waals surface area contributed by atoms with E-state index in [9.17, 15) is 13.2 Å². The minimum Gasteiger partial charge on any atom is -0.337 e. The van der Waals surface area contributed by atoms with E-state index in [0.29, 0.717) is 23.0 Å². The number of nitrogens with one attached hydrogen (secondary N) is 1. The van der Waals surface area contributed by atoms with Crippen LogP contribution in [0.1, 0.15) is 21.8 Å². The lowest BCUT2D eigenvalue weighted by atomic mass is 10.1. The highest BCUT2D eigenvalue weighted by Gasteiger charge is 2.18. The molecule has 1 amide bonds. The van der Waals surface area contributed by atoms with Crippen molar-refractivity contribution in [3.63, 3.8) is 0 Å². The molecular formula is C17H18N4O4S2. The molecule has 0 saturated heterocycles. The first-order chi connectivity index (χ1) is 12.7. The molecular weight excluding hydrogens is 388 g/mol. The fourth-order valence-electron chi connectivity index (χ4n) is 2.38. The van der Waals surface area contributed by atoms with E-state index < -0.39 is 10.0 Å². The molecule has 10 heteroatoms. The Hall–Kier alpha value is -2.72. The molecule has 0 atom stereocenters. The number of amides is 1. The quantitative estimate of drug-likeness (QED) is 0.675. The number of aromatic nitrogens is 2. The lowest BCUT2D eigenvalue weighted by Crippen LogP contribution is -2.26. The third-order valence-corrected chi connectivity index (χ3v) is 5.17. The van der Waals surface area contributed by atoms with Crippen molar-refractivity contribution in [1.82, 2.24) is 15.0 Å². The van der Waals surface area contributed by atoms with E-state index in [0.717, 1.165) is 16.7 Å². The molecule has 0 radical (unpaired) electrons. The lowest BCUT2D eigenvalue weighted by molar-refractivity contribution is 0.0769. The summed E-state index contributed by atoms with van der Waals surface area (Å²) in [4.78, 5) is 19.3. The molecule has 27 heavy (non-hydrogen) atoms. The maximum absolute atomic E-state index is 12.7. The predicted octanol–water partition coefficient (Wildman–Crippen LogP) is 2.75. The Kier molecular flexibility index (Phi) is 5.29. The summed E-state index contributed by atoms with van der Waals surface area (Å²) in [5.74, 6) is 0.508. The zero-order chi connectivity index (χ0) is 19.6. The Morgan fingerprint density at radius 3 is 2.78 bits per heavy atom. The number of anilines is 1. The summed E-state index contributed by atoms with van der Waals surface area (Å²) in [6.45, 7) is 1.90.